The number of rotatable bonds is 2. The van der Waals surface area contributed by atoms with Crippen molar-refractivity contribution in [1.29, 1.82) is 0 Å². The summed E-state index contributed by atoms with van der Waals surface area (Å²) in [5.41, 5.74) is 2.46. The minimum absolute atomic E-state index is 0.0215. The van der Waals surface area contributed by atoms with E-state index in [0.29, 0.717) is 18.9 Å². The number of aromatic nitrogens is 2. The third kappa shape index (κ3) is 2.54. The van der Waals surface area contributed by atoms with Crippen LogP contribution in [-0.4, -0.2) is 40.8 Å². The van der Waals surface area contributed by atoms with Crippen LogP contribution in [0.1, 0.15) is 40.6 Å². The second kappa shape index (κ2) is 5.61. The molecule has 1 aromatic heterocycles. The average Bonchev–Trinajstić information content (AvgIpc) is 3.23. The first-order valence-electron chi connectivity index (χ1n) is 7.95. The van der Waals surface area contributed by atoms with Crippen LogP contribution in [0.5, 0.6) is 11.5 Å². The second-order valence-electron chi connectivity index (χ2n) is 6.00. The van der Waals surface area contributed by atoms with Crippen molar-refractivity contribution in [3.05, 3.63) is 41.2 Å². The lowest BCUT2D eigenvalue weighted by atomic mass is 10.0. The SMILES string of the molecule is Cc1cc(C(=O)N2CCC[C@@H]2c2ccc3c(c2)OCCO3)n[nH]1. The molecule has 6 nitrogen and oxygen atoms in total. The van der Waals surface area contributed by atoms with Crippen LogP contribution in [0.4, 0.5) is 0 Å². The first-order valence-corrected chi connectivity index (χ1v) is 7.95. The Morgan fingerprint density at radius 1 is 1.26 bits per heavy atom. The van der Waals surface area contributed by atoms with Gasteiger partial charge in [-0.1, -0.05) is 6.07 Å². The fourth-order valence-corrected chi connectivity index (χ4v) is 3.30. The number of carbonyl (C=O) groups excluding carboxylic acids is 1. The van der Waals surface area contributed by atoms with E-state index in [1.54, 1.807) is 6.07 Å². The summed E-state index contributed by atoms with van der Waals surface area (Å²) in [6, 6.07) is 7.82. The topological polar surface area (TPSA) is 67.5 Å². The maximum atomic E-state index is 12.7. The van der Waals surface area contributed by atoms with Gasteiger partial charge in [-0.2, -0.15) is 5.10 Å². The minimum Gasteiger partial charge on any atom is -0.486 e. The molecule has 2 aliphatic rings. The lowest BCUT2D eigenvalue weighted by Crippen LogP contribution is -2.31. The third-order valence-corrected chi connectivity index (χ3v) is 4.39. The first-order chi connectivity index (χ1) is 11.2. The molecule has 1 fully saturated rings. The number of H-pyrrole nitrogens is 1. The van der Waals surface area contributed by atoms with Gasteiger partial charge in [-0.05, 0) is 43.5 Å². The molecule has 1 amide bonds. The molecule has 6 heteroatoms. The Hall–Kier alpha value is -2.50. The molecular weight excluding hydrogens is 294 g/mol. The van der Waals surface area contributed by atoms with E-state index >= 15 is 0 Å². The molecule has 120 valence electrons. The van der Waals surface area contributed by atoms with Gasteiger partial charge < -0.3 is 14.4 Å². The number of hydrogen-bond acceptors (Lipinski definition) is 4. The van der Waals surface area contributed by atoms with Gasteiger partial charge in [0.25, 0.3) is 5.91 Å². The van der Waals surface area contributed by atoms with E-state index in [9.17, 15) is 4.79 Å². The molecular formula is C17H19N3O3. The largest absolute Gasteiger partial charge is 0.486 e. The summed E-state index contributed by atoms with van der Waals surface area (Å²) in [5.74, 6) is 1.52. The zero-order valence-electron chi connectivity index (χ0n) is 13.0. The van der Waals surface area contributed by atoms with Crippen LogP contribution in [0, 0.1) is 6.92 Å². The van der Waals surface area contributed by atoms with Crippen molar-refractivity contribution in [1.82, 2.24) is 15.1 Å². The van der Waals surface area contributed by atoms with Gasteiger partial charge in [-0.15, -0.1) is 0 Å². The molecule has 1 saturated heterocycles. The quantitative estimate of drug-likeness (QED) is 0.925. The number of hydrogen-bond donors (Lipinski definition) is 1. The Morgan fingerprint density at radius 2 is 2.09 bits per heavy atom. The standard InChI is InChI=1S/C17H19N3O3/c1-11-9-13(19-18-11)17(21)20-6-2-3-14(20)12-4-5-15-16(10-12)23-8-7-22-15/h4-5,9-10,14H,2-3,6-8H2,1H3,(H,18,19)/t14-/m1/s1. The molecule has 0 radical (unpaired) electrons. The highest BCUT2D eigenvalue weighted by molar-refractivity contribution is 5.92. The lowest BCUT2D eigenvalue weighted by molar-refractivity contribution is 0.0729. The van der Waals surface area contributed by atoms with Gasteiger partial charge in [0.15, 0.2) is 11.5 Å². The van der Waals surface area contributed by atoms with Gasteiger partial charge in [0.05, 0.1) is 6.04 Å². The van der Waals surface area contributed by atoms with E-state index < -0.39 is 0 Å². The molecule has 0 spiro atoms. The molecule has 23 heavy (non-hydrogen) atoms. The Morgan fingerprint density at radius 3 is 2.87 bits per heavy atom. The highest BCUT2D eigenvalue weighted by atomic mass is 16.6. The molecule has 0 aliphatic carbocycles. The molecule has 1 N–H and O–H groups in total. The molecule has 4 rings (SSSR count). The normalized spacial score (nSPS) is 19.9. The summed E-state index contributed by atoms with van der Waals surface area (Å²) in [5, 5.41) is 6.93. The van der Waals surface area contributed by atoms with Crippen molar-refractivity contribution in [2.45, 2.75) is 25.8 Å². The molecule has 2 aromatic rings. The van der Waals surface area contributed by atoms with Crippen LogP contribution in [0.15, 0.2) is 24.3 Å². The molecule has 1 aromatic carbocycles. The molecule has 2 aliphatic heterocycles. The van der Waals surface area contributed by atoms with E-state index in [2.05, 4.69) is 10.2 Å². The smallest absolute Gasteiger partial charge is 0.274 e. The fourth-order valence-electron chi connectivity index (χ4n) is 3.30. The third-order valence-electron chi connectivity index (χ3n) is 4.39. The predicted molar refractivity (Wildman–Crippen MR) is 83.8 cm³/mol. The van der Waals surface area contributed by atoms with Crippen LogP contribution < -0.4 is 9.47 Å². The van der Waals surface area contributed by atoms with Gasteiger partial charge in [0.1, 0.15) is 18.9 Å². The van der Waals surface area contributed by atoms with Gasteiger partial charge in [0, 0.05) is 12.2 Å². The van der Waals surface area contributed by atoms with Crippen LogP contribution in [0.2, 0.25) is 0 Å². The first kappa shape index (κ1) is 14.1. The summed E-state index contributed by atoms with van der Waals surface area (Å²) in [6.07, 6.45) is 1.95. The highest BCUT2D eigenvalue weighted by Crippen LogP contribution is 2.38. The number of likely N-dealkylation sites (tertiary alicyclic amines) is 1. The predicted octanol–water partition coefficient (Wildman–Crippen LogP) is 2.47. The van der Waals surface area contributed by atoms with Crippen LogP contribution in [-0.2, 0) is 0 Å². The number of nitrogens with one attached hydrogen (secondary N) is 1. The van der Waals surface area contributed by atoms with Crippen molar-refractivity contribution in [2.24, 2.45) is 0 Å². The van der Waals surface area contributed by atoms with Gasteiger partial charge in [-0.25, -0.2) is 0 Å². The Balaban J connectivity index is 1.61. The number of nitrogens with zero attached hydrogens (tertiary/aromatic N) is 2. The maximum absolute atomic E-state index is 12.7. The van der Waals surface area contributed by atoms with Crippen molar-refractivity contribution >= 4 is 5.91 Å². The van der Waals surface area contributed by atoms with Crippen LogP contribution in [0.25, 0.3) is 0 Å². The van der Waals surface area contributed by atoms with Crippen LogP contribution in [0.3, 0.4) is 0 Å². The number of amides is 1. The Kier molecular flexibility index (Phi) is 3.44. The van der Waals surface area contributed by atoms with E-state index in [0.717, 1.165) is 42.1 Å². The molecule has 3 heterocycles. The van der Waals surface area contributed by atoms with Gasteiger partial charge in [-0.3, -0.25) is 9.89 Å². The zero-order valence-corrected chi connectivity index (χ0v) is 13.0. The number of carbonyl (C=O) groups is 1. The maximum Gasteiger partial charge on any atom is 0.274 e. The number of aromatic amines is 1. The molecule has 0 unspecified atom stereocenters. The Labute approximate surface area is 134 Å². The van der Waals surface area contributed by atoms with Crippen molar-refractivity contribution in [3.8, 4) is 11.5 Å². The van der Waals surface area contributed by atoms with Crippen molar-refractivity contribution in [2.75, 3.05) is 19.8 Å². The van der Waals surface area contributed by atoms with E-state index in [1.807, 2.05) is 30.0 Å². The summed E-state index contributed by atoms with van der Waals surface area (Å²) in [4.78, 5) is 14.6. The van der Waals surface area contributed by atoms with Gasteiger partial charge >= 0.3 is 0 Å². The second-order valence-corrected chi connectivity index (χ2v) is 6.00. The Bertz CT molecular complexity index is 740. The zero-order chi connectivity index (χ0) is 15.8. The van der Waals surface area contributed by atoms with E-state index in [1.165, 1.54) is 0 Å². The van der Waals surface area contributed by atoms with Crippen LogP contribution >= 0.6 is 0 Å². The lowest BCUT2D eigenvalue weighted by Gasteiger charge is -2.26. The highest BCUT2D eigenvalue weighted by Gasteiger charge is 2.32. The van der Waals surface area contributed by atoms with E-state index in [4.69, 9.17) is 9.47 Å². The summed E-state index contributed by atoms with van der Waals surface area (Å²) >= 11 is 0. The summed E-state index contributed by atoms with van der Waals surface area (Å²) < 4.78 is 11.2. The van der Waals surface area contributed by atoms with E-state index in [-0.39, 0.29) is 11.9 Å². The molecule has 0 saturated carbocycles. The number of ether oxygens (including phenoxy) is 2. The molecule has 0 bridgehead atoms. The number of fused-ring (bicyclic) bond motifs is 1. The minimum atomic E-state index is -0.0215. The monoisotopic (exact) mass is 313 g/mol. The average molecular weight is 313 g/mol. The number of aryl methyl sites for hydroxylation is 1. The summed E-state index contributed by atoms with van der Waals surface area (Å²) in [7, 11) is 0. The van der Waals surface area contributed by atoms with Crippen molar-refractivity contribution in [3.63, 3.8) is 0 Å². The molecule has 1 atom stereocenters. The fraction of sp³-hybridized carbons (Fsp3) is 0.412. The summed E-state index contributed by atoms with van der Waals surface area (Å²) in [6.45, 7) is 3.80. The van der Waals surface area contributed by atoms with Crippen molar-refractivity contribution < 1.29 is 14.3 Å². The number of benzene rings is 1. The van der Waals surface area contributed by atoms with Gasteiger partial charge in [0.2, 0.25) is 0 Å².